The molecule has 10 aromatic carbocycles. The van der Waals surface area contributed by atoms with Gasteiger partial charge in [0.2, 0.25) is 0 Å². The first-order valence-electron chi connectivity index (χ1n) is 21.8. The molecule has 63 heavy (non-hydrogen) atoms. The number of anilines is 3. The molecule has 1 heterocycles. The number of nitrogens with zero attached hydrogens (tertiary/aromatic N) is 1. The quantitative estimate of drug-likeness (QED) is 0.162. The van der Waals surface area contributed by atoms with E-state index in [1.165, 1.54) is 104 Å². The number of hydrogen-bond acceptors (Lipinski definition) is 2. The maximum absolute atomic E-state index is 2.56. The molecule has 0 N–H and O–H groups in total. The van der Waals surface area contributed by atoms with E-state index >= 15 is 0 Å². The molecule has 1 aromatic heterocycles. The SMILES string of the molecule is c1ccc(-c2ccc(-c3ccc(N(c4ccccc4)c4c5c(cc6sc7ccc(-c8ccccc8)cc7c46)C4(c6ccccc6-c6ccccc64)c4ccccc4-5)cc3)cc2)cc1. The highest BCUT2D eigenvalue weighted by atomic mass is 32.1. The molecular weight excluding hydrogens is 779 g/mol. The van der Waals surface area contributed by atoms with Crippen LogP contribution in [0.2, 0.25) is 0 Å². The van der Waals surface area contributed by atoms with Crippen molar-refractivity contribution in [2.24, 2.45) is 0 Å². The molecule has 294 valence electrons. The van der Waals surface area contributed by atoms with Gasteiger partial charge in [-0.3, -0.25) is 0 Å². The minimum Gasteiger partial charge on any atom is -0.309 e. The average Bonchev–Trinajstić information content (AvgIpc) is 3.99. The number of thiophene rings is 1. The second-order valence-electron chi connectivity index (χ2n) is 16.7. The number of para-hydroxylation sites is 1. The van der Waals surface area contributed by atoms with Crippen LogP contribution in [0.15, 0.2) is 237 Å². The van der Waals surface area contributed by atoms with Crippen LogP contribution in [0.5, 0.6) is 0 Å². The van der Waals surface area contributed by atoms with Crippen molar-refractivity contribution in [2.45, 2.75) is 5.41 Å². The molecule has 2 heteroatoms. The van der Waals surface area contributed by atoms with Crippen LogP contribution < -0.4 is 4.90 Å². The second kappa shape index (κ2) is 14.1. The van der Waals surface area contributed by atoms with E-state index in [-0.39, 0.29) is 0 Å². The Kier molecular flexibility index (Phi) is 8.06. The van der Waals surface area contributed by atoms with Crippen LogP contribution in [0.1, 0.15) is 22.3 Å². The van der Waals surface area contributed by atoms with Crippen molar-refractivity contribution >= 4 is 48.6 Å². The zero-order valence-corrected chi connectivity index (χ0v) is 35.2. The minimum absolute atomic E-state index is 0.481. The smallest absolute Gasteiger partial charge is 0.0726 e. The summed E-state index contributed by atoms with van der Waals surface area (Å²) in [6.45, 7) is 0. The largest absolute Gasteiger partial charge is 0.309 e. The van der Waals surface area contributed by atoms with E-state index in [1.807, 2.05) is 11.3 Å². The lowest BCUT2D eigenvalue weighted by atomic mass is 9.70. The molecule has 1 nitrogen and oxygen atoms in total. The molecule has 0 amide bonds. The van der Waals surface area contributed by atoms with E-state index in [9.17, 15) is 0 Å². The molecule has 1 spiro atoms. The maximum Gasteiger partial charge on any atom is 0.0726 e. The predicted molar refractivity (Wildman–Crippen MR) is 267 cm³/mol. The van der Waals surface area contributed by atoms with E-state index in [4.69, 9.17) is 0 Å². The van der Waals surface area contributed by atoms with Gasteiger partial charge in [0.05, 0.1) is 11.1 Å². The molecule has 0 atom stereocenters. The van der Waals surface area contributed by atoms with Crippen molar-refractivity contribution in [3.63, 3.8) is 0 Å². The second-order valence-corrected chi connectivity index (χ2v) is 17.8. The fourth-order valence-corrected chi connectivity index (χ4v) is 11.9. The zero-order valence-electron chi connectivity index (χ0n) is 34.4. The molecule has 2 aliphatic rings. The van der Waals surface area contributed by atoms with Crippen molar-refractivity contribution in [1.29, 1.82) is 0 Å². The van der Waals surface area contributed by atoms with Gasteiger partial charge in [0.15, 0.2) is 0 Å². The Labute approximate surface area is 371 Å². The third-order valence-corrected chi connectivity index (χ3v) is 14.6. The van der Waals surface area contributed by atoms with Crippen LogP contribution in [0.4, 0.5) is 17.1 Å². The lowest BCUT2D eigenvalue weighted by molar-refractivity contribution is 0.795. The maximum atomic E-state index is 2.56. The average molecular weight is 818 g/mol. The van der Waals surface area contributed by atoms with Gasteiger partial charge in [-0.15, -0.1) is 11.3 Å². The Morgan fingerprint density at radius 2 is 0.746 bits per heavy atom. The molecule has 0 saturated carbocycles. The lowest BCUT2D eigenvalue weighted by Gasteiger charge is -2.32. The van der Waals surface area contributed by atoms with Crippen LogP contribution in [-0.4, -0.2) is 0 Å². The molecule has 0 fully saturated rings. The summed E-state index contributed by atoms with van der Waals surface area (Å²) in [5.41, 5.74) is 20.8. The van der Waals surface area contributed by atoms with Gasteiger partial charge in [-0.2, -0.15) is 0 Å². The van der Waals surface area contributed by atoms with Gasteiger partial charge in [0.25, 0.3) is 0 Å². The van der Waals surface area contributed by atoms with E-state index in [0.717, 1.165) is 11.4 Å². The van der Waals surface area contributed by atoms with Crippen LogP contribution in [0, 0.1) is 0 Å². The van der Waals surface area contributed by atoms with Gasteiger partial charge < -0.3 is 4.90 Å². The number of benzene rings is 10. The van der Waals surface area contributed by atoms with Crippen molar-refractivity contribution < 1.29 is 0 Å². The summed E-state index contributed by atoms with van der Waals surface area (Å²) in [6.07, 6.45) is 0. The highest BCUT2D eigenvalue weighted by molar-refractivity contribution is 7.26. The first kappa shape index (κ1) is 35.9. The summed E-state index contributed by atoms with van der Waals surface area (Å²) in [7, 11) is 0. The molecule has 2 aliphatic carbocycles. The van der Waals surface area contributed by atoms with E-state index in [2.05, 4.69) is 241 Å². The Hall–Kier alpha value is -7.78. The summed E-state index contributed by atoms with van der Waals surface area (Å²) in [5, 5.41) is 2.55. The summed E-state index contributed by atoms with van der Waals surface area (Å²) in [5.74, 6) is 0. The Balaban J connectivity index is 1.11. The summed E-state index contributed by atoms with van der Waals surface area (Å²) in [4.78, 5) is 2.55. The molecule has 13 rings (SSSR count). The fraction of sp³-hybridized carbons (Fsp3) is 0.0164. The normalized spacial score (nSPS) is 12.9. The number of hydrogen-bond donors (Lipinski definition) is 0. The molecule has 0 unspecified atom stereocenters. The minimum atomic E-state index is -0.481. The highest BCUT2D eigenvalue weighted by Gasteiger charge is 2.53. The topological polar surface area (TPSA) is 3.24 Å². The fourth-order valence-electron chi connectivity index (χ4n) is 10.8. The van der Waals surface area contributed by atoms with Gasteiger partial charge in [-0.25, -0.2) is 0 Å². The molecule has 0 aliphatic heterocycles. The third-order valence-electron chi connectivity index (χ3n) is 13.5. The molecule has 0 bridgehead atoms. The summed E-state index contributed by atoms with van der Waals surface area (Å²) >= 11 is 1.91. The summed E-state index contributed by atoms with van der Waals surface area (Å²) < 4.78 is 2.57. The van der Waals surface area contributed by atoms with Crippen LogP contribution in [-0.2, 0) is 5.41 Å². The molecular formula is C61H39NS. The zero-order chi connectivity index (χ0) is 41.5. The first-order valence-corrected chi connectivity index (χ1v) is 22.6. The van der Waals surface area contributed by atoms with Crippen molar-refractivity contribution in [3.05, 3.63) is 259 Å². The Bertz CT molecular complexity index is 3490. The van der Waals surface area contributed by atoms with Crippen molar-refractivity contribution in [2.75, 3.05) is 4.90 Å². The van der Waals surface area contributed by atoms with Crippen LogP contribution >= 0.6 is 11.3 Å². The van der Waals surface area contributed by atoms with Gasteiger partial charge in [-0.05, 0) is 115 Å². The standard InChI is InChI=1S/C61H39NS/c1-4-16-40(17-5-1)42-28-30-43(31-29-42)44-32-35-47(36-33-44)62(46-20-8-3-9-21-46)60-58-50-24-12-15-27-54(50)61(52-25-13-10-22-48(52)49-23-11-14-26-53(49)61)55(58)39-57-59(60)51-38-45(34-37-56(51)63-57)41-18-6-2-7-19-41/h1-39H. The van der Waals surface area contributed by atoms with Gasteiger partial charge in [0, 0.05) is 37.1 Å². The molecule has 0 saturated heterocycles. The monoisotopic (exact) mass is 817 g/mol. The van der Waals surface area contributed by atoms with E-state index in [0.29, 0.717) is 0 Å². The van der Waals surface area contributed by atoms with Crippen LogP contribution in [0.3, 0.4) is 0 Å². The predicted octanol–water partition coefficient (Wildman–Crippen LogP) is 16.9. The van der Waals surface area contributed by atoms with E-state index < -0.39 is 5.41 Å². The lowest BCUT2D eigenvalue weighted by Crippen LogP contribution is -2.26. The van der Waals surface area contributed by atoms with Gasteiger partial charge >= 0.3 is 0 Å². The first-order chi connectivity index (χ1) is 31.3. The molecule has 0 radical (unpaired) electrons. The Morgan fingerprint density at radius 1 is 0.317 bits per heavy atom. The van der Waals surface area contributed by atoms with Crippen molar-refractivity contribution in [3.8, 4) is 55.6 Å². The van der Waals surface area contributed by atoms with Crippen LogP contribution in [0.25, 0.3) is 75.8 Å². The van der Waals surface area contributed by atoms with Crippen molar-refractivity contribution in [1.82, 2.24) is 0 Å². The molecule has 11 aromatic rings. The number of rotatable bonds is 6. The van der Waals surface area contributed by atoms with E-state index in [1.54, 1.807) is 0 Å². The summed E-state index contributed by atoms with van der Waals surface area (Å²) in [6, 6.07) is 87.7. The highest BCUT2D eigenvalue weighted by Crippen LogP contribution is 2.66. The Morgan fingerprint density at radius 3 is 1.33 bits per heavy atom. The number of fused-ring (bicyclic) bond motifs is 13. The van der Waals surface area contributed by atoms with Gasteiger partial charge in [-0.1, -0.05) is 194 Å². The third kappa shape index (κ3) is 5.35. The van der Waals surface area contributed by atoms with Gasteiger partial charge in [0.1, 0.15) is 0 Å².